The Balaban J connectivity index is 1.68. The summed E-state index contributed by atoms with van der Waals surface area (Å²) >= 11 is 0. The van der Waals surface area contributed by atoms with Gasteiger partial charge in [0, 0.05) is 58.5 Å². The highest BCUT2D eigenvalue weighted by atomic mass is 16.5. The molecule has 0 bridgehead atoms. The van der Waals surface area contributed by atoms with Crippen LogP contribution in [0.3, 0.4) is 0 Å². The molecule has 1 aromatic rings. The van der Waals surface area contributed by atoms with Crippen LogP contribution in [0.2, 0.25) is 0 Å². The minimum Gasteiger partial charge on any atom is -0.497 e. The number of amides is 1. The van der Waals surface area contributed by atoms with E-state index in [0.29, 0.717) is 19.6 Å². The third-order valence-electron chi connectivity index (χ3n) is 4.09. The fourth-order valence-corrected chi connectivity index (χ4v) is 2.66. The van der Waals surface area contributed by atoms with Crippen LogP contribution in [0.4, 0.5) is 5.69 Å². The van der Waals surface area contributed by atoms with Gasteiger partial charge >= 0.3 is 0 Å². The van der Waals surface area contributed by atoms with Crippen molar-refractivity contribution in [2.45, 2.75) is 6.42 Å². The van der Waals surface area contributed by atoms with Gasteiger partial charge in [0.25, 0.3) is 0 Å². The number of nitrogens with one attached hydrogen (secondary N) is 1. The molecule has 0 atom stereocenters. The van der Waals surface area contributed by atoms with Gasteiger partial charge in [-0.1, -0.05) is 0 Å². The predicted octanol–water partition coefficient (Wildman–Crippen LogP) is 0.970. The number of rotatable bonds is 8. The van der Waals surface area contributed by atoms with Crippen LogP contribution in [0, 0.1) is 0 Å². The van der Waals surface area contributed by atoms with E-state index in [2.05, 4.69) is 27.2 Å². The molecule has 0 saturated carbocycles. The number of methoxy groups -OCH3 is 2. The first-order valence-corrected chi connectivity index (χ1v) is 8.10. The third kappa shape index (κ3) is 5.73. The van der Waals surface area contributed by atoms with Crippen molar-refractivity contribution in [3.8, 4) is 5.75 Å². The lowest BCUT2D eigenvalue weighted by atomic mass is 10.2. The summed E-state index contributed by atoms with van der Waals surface area (Å²) in [7, 11) is 3.31. The fourth-order valence-electron chi connectivity index (χ4n) is 2.66. The van der Waals surface area contributed by atoms with E-state index in [9.17, 15) is 4.79 Å². The molecule has 1 aliphatic heterocycles. The second kappa shape index (κ2) is 9.37. The maximum absolute atomic E-state index is 11.7. The number of ether oxygens (including phenoxy) is 2. The molecule has 6 heteroatoms. The Kier molecular flexibility index (Phi) is 7.16. The molecule has 1 amide bonds. The number of piperazine rings is 1. The normalized spacial score (nSPS) is 15.5. The summed E-state index contributed by atoms with van der Waals surface area (Å²) in [5.41, 5.74) is 1.22. The summed E-state index contributed by atoms with van der Waals surface area (Å²) < 4.78 is 10.1. The number of anilines is 1. The van der Waals surface area contributed by atoms with Gasteiger partial charge in [0.05, 0.1) is 13.7 Å². The summed E-state index contributed by atoms with van der Waals surface area (Å²) in [5.74, 6) is 0.978. The van der Waals surface area contributed by atoms with Crippen molar-refractivity contribution in [3.63, 3.8) is 0 Å². The van der Waals surface area contributed by atoms with Crippen molar-refractivity contribution in [2.24, 2.45) is 0 Å². The van der Waals surface area contributed by atoms with E-state index in [0.717, 1.165) is 38.5 Å². The molecule has 0 aliphatic carbocycles. The van der Waals surface area contributed by atoms with Gasteiger partial charge in [0.1, 0.15) is 5.75 Å². The molecule has 1 N–H and O–H groups in total. The van der Waals surface area contributed by atoms with Gasteiger partial charge in [-0.3, -0.25) is 9.69 Å². The van der Waals surface area contributed by atoms with Crippen LogP contribution in [-0.2, 0) is 9.53 Å². The zero-order valence-corrected chi connectivity index (χ0v) is 14.1. The van der Waals surface area contributed by atoms with Crippen molar-refractivity contribution in [2.75, 3.05) is 65.0 Å². The highest BCUT2D eigenvalue weighted by molar-refractivity contribution is 5.76. The minimum absolute atomic E-state index is 0.0969. The molecule has 23 heavy (non-hydrogen) atoms. The monoisotopic (exact) mass is 321 g/mol. The van der Waals surface area contributed by atoms with Crippen LogP contribution in [0.5, 0.6) is 5.75 Å². The summed E-state index contributed by atoms with van der Waals surface area (Å²) in [5, 5.41) is 2.86. The number of hydrogen-bond donors (Lipinski definition) is 1. The number of benzene rings is 1. The van der Waals surface area contributed by atoms with E-state index < -0.39 is 0 Å². The molecular formula is C17H27N3O3. The molecule has 0 spiro atoms. The van der Waals surface area contributed by atoms with E-state index in [4.69, 9.17) is 9.47 Å². The maximum atomic E-state index is 11.7. The summed E-state index contributed by atoms with van der Waals surface area (Å²) in [4.78, 5) is 16.4. The second-order valence-electron chi connectivity index (χ2n) is 5.62. The molecule has 128 valence electrons. The van der Waals surface area contributed by atoms with Crippen molar-refractivity contribution < 1.29 is 14.3 Å². The van der Waals surface area contributed by atoms with E-state index in [-0.39, 0.29) is 5.91 Å². The Morgan fingerprint density at radius 2 is 1.83 bits per heavy atom. The van der Waals surface area contributed by atoms with Crippen LogP contribution < -0.4 is 15.0 Å². The van der Waals surface area contributed by atoms with Gasteiger partial charge in [0.2, 0.25) is 5.91 Å². The first-order chi connectivity index (χ1) is 11.2. The number of carbonyl (C=O) groups is 1. The summed E-state index contributed by atoms with van der Waals surface area (Å²) in [6.45, 7) is 5.89. The topological polar surface area (TPSA) is 54.0 Å². The number of nitrogens with zero attached hydrogens (tertiary/aromatic N) is 2. The van der Waals surface area contributed by atoms with Crippen molar-refractivity contribution in [1.29, 1.82) is 0 Å². The molecular weight excluding hydrogens is 294 g/mol. The Bertz CT molecular complexity index is 470. The van der Waals surface area contributed by atoms with Gasteiger partial charge in [0.15, 0.2) is 0 Å². The van der Waals surface area contributed by atoms with Gasteiger partial charge in [-0.2, -0.15) is 0 Å². The smallest absolute Gasteiger partial charge is 0.221 e. The number of carbonyl (C=O) groups excluding carboxylic acids is 1. The van der Waals surface area contributed by atoms with E-state index in [1.54, 1.807) is 14.2 Å². The zero-order chi connectivity index (χ0) is 16.5. The lowest BCUT2D eigenvalue weighted by molar-refractivity contribution is -0.121. The molecule has 2 rings (SSSR count). The SMILES string of the molecule is COCCNC(=O)CCN1CCN(c2ccc(OC)cc2)CC1. The van der Waals surface area contributed by atoms with Gasteiger partial charge in [-0.25, -0.2) is 0 Å². The average molecular weight is 321 g/mol. The molecule has 0 unspecified atom stereocenters. The Hall–Kier alpha value is -1.79. The third-order valence-corrected chi connectivity index (χ3v) is 4.09. The van der Waals surface area contributed by atoms with Crippen LogP contribution in [0.1, 0.15) is 6.42 Å². The maximum Gasteiger partial charge on any atom is 0.221 e. The van der Waals surface area contributed by atoms with Crippen molar-refractivity contribution >= 4 is 11.6 Å². The molecule has 6 nitrogen and oxygen atoms in total. The molecule has 1 heterocycles. The molecule has 1 saturated heterocycles. The lowest BCUT2D eigenvalue weighted by Gasteiger charge is -2.36. The number of hydrogen-bond acceptors (Lipinski definition) is 5. The second-order valence-corrected chi connectivity index (χ2v) is 5.62. The molecule has 1 aromatic carbocycles. The largest absolute Gasteiger partial charge is 0.497 e. The zero-order valence-electron chi connectivity index (χ0n) is 14.1. The Morgan fingerprint density at radius 1 is 1.13 bits per heavy atom. The van der Waals surface area contributed by atoms with Crippen LogP contribution >= 0.6 is 0 Å². The van der Waals surface area contributed by atoms with Gasteiger partial charge < -0.3 is 19.7 Å². The highest BCUT2D eigenvalue weighted by Gasteiger charge is 2.17. The van der Waals surface area contributed by atoms with Crippen LogP contribution in [0.25, 0.3) is 0 Å². The minimum atomic E-state index is 0.0969. The van der Waals surface area contributed by atoms with Gasteiger partial charge in [-0.05, 0) is 24.3 Å². The van der Waals surface area contributed by atoms with Gasteiger partial charge in [-0.15, -0.1) is 0 Å². The summed E-state index contributed by atoms with van der Waals surface area (Å²) in [6.07, 6.45) is 0.548. The average Bonchev–Trinajstić information content (AvgIpc) is 2.61. The Morgan fingerprint density at radius 3 is 2.43 bits per heavy atom. The highest BCUT2D eigenvalue weighted by Crippen LogP contribution is 2.20. The quantitative estimate of drug-likeness (QED) is 0.723. The van der Waals surface area contributed by atoms with E-state index in [1.165, 1.54) is 5.69 Å². The Labute approximate surface area is 138 Å². The van der Waals surface area contributed by atoms with Crippen LogP contribution in [-0.4, -0.2) is 70.9 Å². The van der Waals surface area contributed by atoms with E-state index in [1.807, 2.05) is 12.1 Å². The van der Waals surface area contributed by atoms with E-state index >= 15 is 0 Å². The molecule has 1 aliphatic rings. The molecule has 0 radical (unpaired) electrons. The standard InChI is InChI=1S/C17H27N3O3/c1-22-14-8-18-17(21)7-9-19-10-12-20(13-11-19)15-3-5-16(23-2)6-4-15/h3-6H,7-14H2,1-2H3,(H,18,21). The van der Waals surface area contributed by atoms with Crippen molar-refractivity contribution in [3.05, 3.63) is 24.3 Å². The lowest BCUT2D eigenvalue weighted by Crippen LogP contribution is -2.47. The van der Waals surface area contributed by atoms with Crippen molar-refractivity contribution in [1.82, 2.24) is 10.2 Å². The predicted molar refractivity (Wildman–Crippen MR) is 91.1 cm³/mol. The first kappa shape index (κ1) is 17.6. The summed E-state index contributed by atoms with van der Waals surface area (Å²) in [6, 6.07) is 8.17. The van der Waals surface area contributed by atoms with Crippen LogP contribution in [0.15, 0.2) is 24.3 Å². The first-order valence-electron chi connectivity index (χ1n) is 8.10. The fraction of sp³-hybridized carbons (Fsp3) is 0.588. The molecule has 0 aromatic heterocycles. The molecule has 1 fully saturated rings.